The van der Waals surface area contributed by atoms with E-state index in [-0.39, 0.29) is 5.97 Å². The van der Waals surface area contributed by atoms with E-state index >= 15 is 0 Å². The molecule has 0 heterocycles. The van der Waals surface area contributed by atoms with Crippen LogP contribution in [0.1, 0.15) is 6.92 Å². The zero-order valence-corrected chi connectivity index (χ0v) is 7.75. The fourth-order valence-electron chi connectivity index (χ4n) is 0.241. The number of rotatable bonds is 3. The first-order chi connectivity index (χ1) is 5.72. The SMILES string of the molecule is C=CC(=O)OCC.OC=CCCl. The highest BCUT2D eigenvalue weighted by Gasteiger charge is 1.86. The minimum atomic E-state index is -0.359. The molecule has 0 aromatic carbocycles. The molecule has 0 spiro atoms. The molecular formula is C8H13ClO3. The van der Waals surface area contributed by atoms with Gasteiger partial charge in [0.25, 0.3) is 0 Å². The lowest BCUT2D eigenvalue weighted by atomic mass is 10.6. The van der Waals surface area contributed by atoms with Crippen molar-refractivity contribution in [3.05, 3.63) is 25.0 Å². The molecular weight excluding hydrogens is 180 g/mol. The zero-order chi connectivity index (χ0) is 9.82. The van der Waals surface area contributed by atoms with Crippen molar-refractivity contribution in [3.63, 3.8) is 0 Å². The Labute approximate surface area is 77.3 Å². The maximum Gasteiger partial charge on any atom is 0.330 e. The normalized spacial score (nSPS) is 8.50. The summed E-state index contributed by atoms with van der Waals surface area (Å²) in [6, 6.07) is 0. The number of allylic oxidation sites excluding steroid dienone is 1. The van der Waals surface area contributed by atoms with Gasteiger partial charge in [0.05, 0.1) is 12.9 Å². The lowest BCUT2D eigenvalue weighted by Crippen LogP contribution is -1.97. The zero-order valence-electron chi connectivity index (χ0n) is 7.00. The molecule has 4 heteroatoms. The van der Waals surface area contributed by atoms with Crippen LogP contribution in [0.2, 0.25) is 0 Å². The number of esters is 1. The second-order valence-electron chi connectivity index (χ2n) is 1.50. The summed E-state index contributed by atoms with van der Waals surface area (Å²) in [6.07, 6.45) is 3.51. The highest BCUT2D eigenvalue weighted by Crippen LogP contribution is 1.74. The van der Waals surface area contributed by atoms with Crippen LogP contribution in [0.25, 0.3) is 0 Å². The summed E-state index contributed by atoms with van der Waals surface area (Å²) in [5.74, 6) is 0.0266. The van der Waals surface area contributed by atoms with Gasteiger partial charge in [-0.2, -0.15) is 0 Å². The Bertz CT molecular complexity index is 143. The number of ether oxygens (including phenoxy) is 1. The lowest BCUT2D eigenvalue weighted by Gasteiger charge is -1.90. The molecule has 0 saturated carbocycles. The largest absolute Gasteiger partial charge is 0.516 e. The van der Waals surface area contributed by atoms with Gasteiger partial charge in [0.1, 0.15) is 0 Å². The van der Waals surface area contributed by atoms with Crippen LogP contribution < -0.4 is 0 Å². The standard InChI is InChI=1S/C5H8O2.C3H5ClO/c1-3-5(6)7-4-2;4-2-1-3-5/h3H,1,4H2,2H3;1,3,5H,2H2. The molecule has 1 N–H and O–H groups in total. The van der Waals surface area contributed by atoms with Crippen LogP contribution in [0.5, 0.6) is 0 Å². The third-order valence-corrected chi connectivity index (χ3v) is 0.826. The van der Waals surface area contributed by atoms with Crippen molar-refractivity contribution in [1.82, 2.24) is 0 Å². The second-order valence-corrected chi connectivity index (χ2v) is 1.80. The Hall–Kier alpha value is -0.960. The van der Waals surface area contributed by atoms with Crippen molar-refractivity contribution in [3.8, 4) is 0 Å². The first kappa shape index (κ1) is 13.6. The van der Waals surface area contributed by atoms with E-state index in [0.29, 0.717) is 12.5 Å². The summed E-state index contributed by atoms with van der Waals surface area (Å²) in [6.45, 7) is 5.38. The van der Waals surface area contributed by atoms with Gasteiger partial charge >= 0.3 is 5.97 Å². The molecule has 70 valence electrons. The molecule has 0 fully saturated rings. The predicted molar refractivity (Wildman–Crippen MR) is 49.3 cm³/mol. The number of aliphatic hydroxyl groups is 1. The molecule has 0 amide bonds. The van der Waals surface area contributed by atoms with Crippen molar-refractivity contribution < 1.29 is 14.6 Å². The molecule has 0 atom stereocenters. The number of hydrogen-bond donors (Lipinski definition) is 1. The highest BCUT2D eigenvalue weighted by atomic mass is 35.5. The van der Waals surface area contributed by atoms with E-state index in [4.69, 9.17) is 16.7 Å². The topological polar surface area (TPSA) is 46.5 Å². The van der Waals surface area contributed by atoms with Crippen molar-refractivity contribution in [2.75, 3.05) is 12.5 Å². The minimum Gasteiger partial charge on any atom is -0.516 e. The number of hydrogen-bond acceptors (Lipinski definition) is 3. The van der Waals surface area contributed by atoms with Gasteiger partial charge in [-0.3, -0.25) is 0 Å². The molecule has 12 heavy (non-hydrogen) atoms. The van der Waals surface area contributed by atoms with E-state index < -0.39 is 0 Å². The van der Waals surface area contributed by atoms with Crippen molar-refractivity contribution >= 4 is 17.6 Å². The summed E-state index contributed by atoms with van der Waals surface area (Å²) in [4.78, 5) is 10.1. The average molecular weight is 193 g/mol. The Balaban J connectivity index is 0. The fraction of sp³-hybridized carbons (Fsp3) is 0.375. The molecule has 0 aromatic rings. The van der Waals surface area contributed by atoms with Crippen LogP contribution in [0.3, 0.4) is 0 Å². The van der Waals surface area contributed by atoms with Gasteiger partial charge in [-0.1, -0.05) is 6.58 Å². The van der Waals surface area contributed by atoms with E-state index in [1.165, 1.54) is 6.08 Å². The molecule has 0 radical (unpaired) electrons. The van der Waals surface area contributed by atoms with Crippen LogP contribution in [0, 0.1) is 0 Å². The molecule has 0 rings (SSSR count). The van der Waals surface area contributed by atoms with E-state index in [1.807, 2.05) is 0 Å². The quantitative estimate of drug-likeness (QED) is 0.322. The van der Waals surface area contributed by atoms with Crippen molar-refractivity contribution in [2.24, 2.45) is 0 Å². The highest BCUT2D eigenvalue weighted by molar-refractivity contribution is 6.18. The van der Waals surface area contributed by atoms with Gasteiger partial charge in [0.15, 0.2) is 0 Å². The number of carbonyl (C=O) groups is 1. The molecule has 0 bridgehead atoms. The first-order valence-corrected chi connectivity index (χ1v) is 3.90. The molecule has 0 aliphatic rings. The van der Waals surface area contributed by atoms with E-state index in [9.17, 15) is 4.79 Å². The summed E-state index contributed by atoms with van der Waals surface area (Å²) in [5, 5.41) is 7.80. The van der Waals surface area contributed by atoms with E-state index in [0.717, 1.165) is 12.3 Å². The van der Waals surface area contributed by atoms with Gasteiger partial charge < -0.3 is 9.84 Å². The molecule has 0 aliphatic heterocycles. The van der Waals surface area contributed by atoms with E-state index in [1.54, 1.807) is 6.92 Å². The molecule has 0 saturated heterocycles. The van der Waals surface area contributed by atoms with E-state index in [2.05, 4.69) is 11.3 Å². The van der Waals surface area contributed by atoms with Gasteiger partial charge in [0, 0.05) is 12.0 Å². The smallest absolute Gasteiger partial charge is 0.330 e. The summed E-state index contributed by atoms with van der Waals surface area (Å²) < 4.78 is 4.43. The Morgan fingerprint density at radius 3 is 2.42 bits per heavy atom. The van der Waals surface area contributed by atoms with Crippen LogP contribution in [0.4, 0.5) is 0 Å². The van der Waals surface area contributed by atoms with Crippen molar-refractivity contribution in [1.29, 1.82) is 0 Å². The van der Waals surface area contributed by atoms with Crippen molar-refractivity contribution in [2.45, 2.75) is 6.92 Å². The third kappa shape index (κ3) is 16.0. The Morgan fingerprint density at radius 1 is 1.75 bits per heavy atom. The van der Waals surface area contributed by atoms with Crippen LogP contribution in [-0.2, 0) is 9.53 Å². The van der Waals surface area contributed by atoms with Crippen LogP contribution in [0.15, 0.2) is 25.0 Å². The summed E-state index contributed by atoms with van der Waals surface area (Å²) >= 11 is 5.05. The number of halogens is 1. The fourth-order valence-corrected chi connectivity index (χ4v) is 0.321. The second kappa shape index (κ2) is 12.7. The van der Waals surface area contributed by atoms with Gasteiger partial charge in [-0.15, -0.1) is 11.6 Å². The average Bonchev–Trinajstić information content (AvgIpc) is 2.07. The lowest BCUT2D eigenvalue weighted by molar-refractivity contribution is -0.137. The molecule has 0 unspecified atom stereocenters. The molecule has 0 aromatic heterocycles. The summed E-state index contributed by atoms with van der Waals surface area (Å²) in [5.41, 5.74) is 0. The number of aliphatic hydroxyl groups excluding tert-OH is 1. The monoisotopic (exact) mass is 192 g/mol. The van der Waals surface area contributed by atoms with Gasteiger partial charge in [-0.25, -0.2) is 4.79 Å². The maximum absolute atomic E-state index is 10.1. The number of carbonyl (C=O) groups excluding carboxylic acids is 1. The molecule has 0 aliphatic carbocycles. The third-order valence-electron chi connectivity index (χ3n) is 0.648. The Morgan fingerprint density at radius 2 is 2.33 bits per heavy atom. The van der Waals surface area contributed by atoms with Crippen LogP contribution in [-0.4, -0.2) is 23.6 Å². The Kier molecular flexibility index (Phi) is 14.4. The minimum absolute atomic E-state index is 0.359. The number of alkyl halides is 1. The summed E-state index contributed by atoms with van der Waals surface area (Å²) in [7, 11) is 0. The predicted octanol–water partition coefficient (Wildman–Crippen LogP) is 2.03. The van der Waals surface area contributed by atoms with Gasteiger partial charge in [-0.05, 0) is 13.0 Å². The maximum atomic E-state index is 10.1. The van der Waals surface area contributed by atoms with Crippen LogP contribution >= 0.6 is 11.6 Å². The first-order valence-electron chi connectivity index (χ1n) is 3.37. The molecule has 3 nitrogen and oxygen atoms in total. The van der Waals surface area contributed by atoms with Gasteiger partial charge in [0.2, 0.25) is 0 Å².